The third-order valence-corrected chi connectivity index (χ3v) is 2.89. The van der Waals surface area contributed by atoms with Gasteiger partial charge in [-0.15, -0.1) is 12.4 Å². The topological polar surface area (TPSA) is 73.6 Å². The fraction of sp³-hybridized carbons (Fsp3) is 0.909. The van der Waals surface area contributed by atoms with Crippen LogP contribution in [0.25, 0.3) is 0 Å². The van der Waals surface area contributed by atoms with E-state index in [9.17, 15) is 18.0 Å². The number of rotatable bonds is 6. The number of nitrogens with one attached hydrogen (secondary N) is 1. The van der Waals surface area contributed by atoms with Gasteiger partial charge in [-0.25, -0.2) is 0 Å². The monoisotopic (exact) mass is 320 g/mol. The maximum Gasteiger partial charge on any atom is 0.411 e. The summed E-state index contributed by atoms with van der Waals surface area (Å²) in [5, 5.41) is 2.47. The standard InChI is InChI=1S/C11H19F3N2O3.ClH/c12-11(13,14)7-19-6-3-16-10(17)9(15)8-1-4-18-5-2-8;/h8-9H,1-7,15H2,(H,16,17);1H. The van der Waals surface area contributed by atoms with Gasteiger partial charge in [-0.1, -0.05) is 0 Å². The molecule has 1 aliphatic heterocycles. The Kier molecular flexibility index (Phi) is 9.11. The zero-order valence-corrected chi connectivity index (χ0v) is 11.8. The summed E-state index contributed by atoms with van der Waals surface area (Å²) in [6.07, 6.45) is -2.90. The van der Waals surface area contributed by atoms with Gasteiger partial charge >= 0.3 is 6.18 Å². The first-order valence-corrected chi connectivity index (χ1v) is 6.15. The van der Waals surface area contributed by atoms with Crippen LogP contribution in [0.4, 0.5) is 13.2 Å². The lowest BCUT2D eigenvalue weighted by atomic mass is 9.92. The summed E-state index contributed by atoms with van der Waals surface area (Å²) in [7, 11) is 0. The van der Waals surface area contributed by atoms with Gasteiger partial charge in [0.15, 0.2) is 0 Å². The average molecular weight is 321 g/mol. The Morgan fingerprint density at radius 1 is 1.40 bits per heavy atom. The van der Waals surface area contributed by atoms with Crippen LogP contribution in [-0.2, 0) is 14.3 Å². The van der Waals surface area contributed by atoms with Crippen LogP contribution < -0.4 is 11.1 Å². The van der Waals surface area contributed by atoms with E-state index in [-0.39, 0.29) is 37.4 Å². The summed E-state index contributed by atoms with van der Waals surface area (Å²) in [5.41, 5.74) is 5.79. The molecule has 1 saturated heterocycles. The molecule has 1 aliphatic rings. The number of amides is 1. The summed E-state index contributed by atoms with van der Waals surface area (Å²) in [6.45, 7) is -0.312. The summed E-state index contributed by atoms with van der Waals surface area (Å²) in [6, 6.07) is -0.647. The lowest BCUT2D eigenvalue weighted by Crippen LogP contribution is -2.47. The fourth-order valence-corrected chi connectivity index (χ4v) is 1.84. The molecule has 1 rings (SSSR count). The molecule has 120 valence electrons. The molecule has 5 nitrogen and oxygen atoms in total. The van der Waals surface area contributed by atoms with E-state index in [0.717, 1.165) is 12.8 Å². The van der Waals surface area contributed by atoms with E-state index in [1.165, 1.54) is 0 Å². The van der Waals surface area contributed by atoms with E-state index in [2.05, 4.69) is 10.1 Å². The average Bonchev–Trinajstić information content (AvgIpc) is 2.37. The van der Waals surface area contributed by atoms with Gasteiger partial charge in [-0.05, 0) is 18.8 Å². The highest BCUT2D eigenvalue weighted by Gasteiger charge is 2.28. The third-order valence-electron chi connectivity index (χ3n) is 2.89. The minimum atomic E-state index is -4.34. The third kappa shape index (κ3) is 7.88. The zero-order valence-electron chi connectivity index (χ0n) is 10.9. The van der Waals surface area contributed by atoms with Gasteiger partial charge in [0.1, 0.15) is 6.61 Å². The Morgan fingerprint density at radius 2 is 2.00 bits per heavy atom. The van der Waals surface area contributed by atoms with Crippen molar-refractivity contribution in [1.29, 1.82) is 0 Å². The second kappa shape index (κ2) is 9.38. The molecule has 0 saturated carbocycles. The van der Waals surface area contributed by atoms with Crippen LogP contribution in [0.2, 0.25) is 0 Å². The molecule has 0 radical (unpaired) electrons. The number of ether oxygens (including phenoxy) is 2. The second-order valence-corrected chi connectivity index (χ2v) is 4.43. The van der Waals surface area contributed by atoms with Crippen LogP contribution in [0, 0.1) is 5.92 Å². The molecule has 0 aromatic heterocycles. The Hall–Kier alpha value is -0.570. The number of carbonyl (C=O) groups is 1. The summed E-state index contributed by atoms with van der Waals surface area (Å²) >= 11 is 0. The van der Waals surface area contributed by atoms with Gasteiger partial charge in [0.2, 0.25) is 5.91 Å². The van der Waals surface area contributed by atoms with Gasteiger partial charge in [0.25, 0.3) is 0 Å². The quantitative estimate of drug-likeness (QED) is 0.712. The van der Waals surface area contributed by atoms with Crippen molar-refractivity contribution < 1.29 is 27.4 Å². The van der Waals surface area contributed by atoms with Gasteiger partial charge in [-0.2, -0.15) is 13.2 Å². The van der Waals surface area contributed by atoms with Crippen molar-refractivity contribution in [2.24, 2.45) is 11.7 Å². The number of hydrogen-bond donors (Lipinski definition) is 2. The van der Waals surface area contributed by atoms with E-state index < -0.39 is 18.8 Å². The molecular formula is C11H20ClF3N2O3. The highest BCUT2D eigenvalue weighted by molar-refractivity contribution is 5.85. The first-order chi connectivity index (χ1) is 8.90. The summed E-state index contributed by atoms with van der Waals surface area (Å²) in [4.78, 5) is 11.6. The molecule has 20 heavy (non-hydrogen) atoms. The summed E-state index contributed by atoms with van der Waals surface area (Å²) in [5.74, 6) is -0.299. The molecule has 0 aliphatic carbocycles. The van der Waals surface area contributed by atoms with Gasteiger partial charge in [0.05, 0.1) is 12.6 Å². The number of hydrogen-bond acceptors (Lipinski definition) is 4. The first kappa shape index (κ1) is 19.4. The van der Waals surface area contributed by atoms with Crippen molar-refractivity contribution in [3.05, 3.63) is 0 Å². The normalized spacial score (nSPS) is 18.2. The largest absolute Gasteiger partial charge is 0.411 e. The Bertz CT molecular complexity index is 287. The van der Waals surface area contributed by atoms with E-state index in [0.29, 0.717) is 13.2 Å². The molecule has 1 atom stereocenters. The molecule has 1 amide bonds. The SMILES string of the molecule is Cl.NC(C(=O)NCCOCC(F)(F)F)C1CCOCC1. The van der Waals surface area contributed by atoms with Gasteiger partial charge < -0.3 is 20.5 Å². The lowest BCUT2D eigenvalue weighted by Gasteiger charge is -2.26. The Morgan fingerprint density at radius 3 is 2.55 bits per heavy atom. The van der Waals surface area contributed by atoms with Crippen molar-refractivity contribution in [2.75, 3.05) is 33.0 Å². The number of alkyl halides is 3. The summed E-state index contributed by atoms with van der Waals surface area (Å²) < 4.78 is 44.8. The van der Waals surface area contributed by atoms with Gasteiger partial charge in [-0.3, -0.25) is 4.79 Å². The Labute approximate surface area is 121 Å². The van der Waals surface area contributed by atoms with Crippen molar-refractivity contribution in [3.8, 4) is 0 Å². The number of nitrogens with two attached hydrogens (primary N) is 1. The minimum absolute atomic E-state index is 0. The maximum atomic E-state index is 11.8. The molecule has 0 bridgehead atoms. The molecule has 1 fully saturated rings. The molecule has 9 heteroatoms. The Balaban J connectivity index is 0.00000361. The predicted octanol–water partition coefficient (Wildman–Crippen LogP) is 0.857. The lowest BCUT2D eigenvalue weighted by molar-refractivity contribution is -0.173. The van der Waals surface area contributed by atoms with Crippen LogP contribution in [-0.4, -0.2) is 51.1 Å². The van der Waals surface area contributed by atoms with E-state index in [1.807, 2.05) is 0 Å². The smallest absolute Gasteiger partial charge is 0.381 e. The van der Waals surface area contributed by atoms with Crippen molar-refractivity contribution in [1.82, 2.24) is 5.32 Å². The minimum Gasteiger partial charge on any atom is -0.381 e. The highest BCUT2D eigenvalue weighted by Crippen LogP contribution is 2.17. The van der Waals surface area contributed by atoms with Crippen molar-refractivity contribution in [2.45, 2.75) is 25.1 Å². The van der Waals surface area contributed by atoms with Crippen molar-refractivity contribution >= 4 is 18.3 Å². The van der Waals surface area contributed by atoms with Crippen molar-refractivity contribution in [3.63, 3.8) is 0 Å². The van der Waals surface area contributed by atoms with E-state index in [1.54, 1.807) is 0 Å². The molecular weight excluding hydrogens is 301 g/mol. The molecule has 0 spiro atoms. The molecule has 0 aromatic rings. The predicted molar refractivity (Wildman–Crippen MR) is 68.7 cm³/mol. The van der Waals surface area contributed by atoms with Crippen LogP contribution >= 0.6 is 12.4 Å². The molecule has 1 unspecified atom stereocenters. The first-order valence-electron chi connectivity index (χ1n) is 6.15. The fourth-order valence-electron chi connectivity index (χ4n) is 1.84. The van der Waals surface area contributed by atoms with Gasteiger partial charge in [0, 0.05) is 19.8 Å². The van der Waals surface area contributed by atoms with Crippen LogP contribution in [0.3, 0.4) is 0 Å². The van der Waals surface area contributed by atoms with Crippen LogP contribution in [0.15, 0.2) is 0 Å². The van der Waals surface area contributed by atoms with E-state index >= 15 is 0 Å². The number of carbonyl (C=O) groups excluding carboxylic acids is 1. The second-order valence-electron chi connectivity index (χ2n) is 4.43. The van der Waals surface area contributed by atoms with Crippen LogP contribution in [0.5, 0.6) is 0 Å². The number of halogens is 4. The molecule has 3 N–H and O–H groups in total. The molecule has 0 aromatic carbocycles. The van der Waals surface area contributed by atoms with E-state index in [4.69, 9.17) is 10.5 Å². The molecule has 1 heterocycles. The maximum absolute atomic E-state index is 11.8. The highest BCUT2D eigenvalue weighted by atomic mass is 35.5. The zero-order chi connectivity index (χ0) is 14.3. The van der Waals surface area contributed by atoms with Crippen LogP contribution in [0.1, 0.15) is 12.8 Å².